The Morgan fingerprint density at radius 2 is 0.879 bits per heavy atom. The largest absolute Gasteiger partial charge is 0.497 e. The molecule has 286 valence electrons. The molecule has 58 heavy (non-hydrogen) atoms. The van der Waals surface area contributed by atoms with Crippen LogP contribution in [0, 0.1) is 13.8 Å². The fraction of sp³-hybridized carbons (Fsp3) is 0.0833. The number of ether oxygens (including phenoxy) is 2. The minimum Gasteiger partial charge on any atom is -0.497 e. The number of anilines is 2. The van der Waals surface area contributed by atoms with Crippen LogP contribution < -0.4 is 19.3 Å². The number of nitrogens with zero attached hydrogens (tertiary/aromatic N) is 4. The zero-order valence-corrected chi connectivity index (χ0v) is 33.9. The molecule has 8 rings (SSSR count). The average molecular weight is 799 g/mol. The smallest absolute Gasteiger partial charge is 0.271 e. The first-order chi connectivity index (χ1) is 28.3. The first-order valence-corrected chi connectivity index (χ1v) is 20.2. The standard InChI is InChI=1S/C48H38N4O4S2/c1-31-27-35(15-25-41(31)51-45(53)43(29-33-11-7-5-8-12-33)57-47(51)49-37-17-21-39(55-3)22-18-37)36-16-26-42(32(2)28-36)52-46(54)44(30-34-13-9-6-10-14-34)58-48(52)50-38-19-23-40(56-4)24-20-38/h5-30H,1-4H3/b43-29+,44-30+,49-47?,50-48?. The van der Waals surface area contributed by atoms with Crippen LogP contribution in [-0.4, -0.2) is 36.4 Å². The van der Waals surface area contributed by atoms with Crippen LogP contribution in [-0.2, 0) is 9.59 Å². The van der Waals surface area contributed by atoms with Gasteiger partial charge in [-0.15, -0.1) is 0 Å². The fourth-order valence-electron chi connectivity index (χ4n) is 6.63. The molecule has 2 saturated heterocycles. The number of benzene rings is 6. The van der Waals surface area contributed by atoms with E-state index in [4.69, 9.17) is 19.5 Å². The number of hydrogen-bond acceptors (Lipinski definition) is 8. The van der Waals surface area contributed by atoms with Crippen LogP contribution in [0.15, 0.2) is 165 Å². The minimum absolute atomic E-state index is 0.141. The number of methoxy groups -OCH3 is 2. The molecule has 2 fully saturated rings. The highest BCUT2D eigenvalue weighted by Gasteiger charge is 2.37. The van der Waals surface area contributed by atoms with Crippen LogP contribution in [0.25, 0.3) is 23.3 Å². The van der Waals surface area contributed by atoms with Crippen molar-refractivity contribution in [1.29, 1.82) is 0 Å². The maximum absolute atomic E-state index is 14.1. The van der Waals surface area contributed by atoms with E-state index in [1.54, 1.807) is 24.0 Å². The summed E-state index contributed by atoms with van der Waals surface area (Å²) < 4.78 is 10.7. The molecule has 0 N–H and O–H groups in total. The zero-order chi connectivity index (χ0) is 40.2. The van der Waals surface area contributed by atoms with Gasteiger partial charge in [-0.05, 0) is 156 Å². The Morgan fingerprint density at radius 3 is 1.22 bits per heavy atom. The zero-order valence-electron chi connectivity index (χ0n) is 32.2. The molecule has 10 heteroatoms. The highest BCUT2D eigenvalue weighted by molar-refractivity contribution is 8.19. The number of carbonyl (C=O) groups excluding carboxylic acids is 2. The monoisotopic (exact) mass is 798 g/mol. The molecule has 6 aromatic rings. The van der Waals surface area contributed by atoms with Crippen molar-refractivity contribution in [2.24, 2.45) is 9.98 Å². The SMILES string of the molecule is COc1ccc(N=C2S/C(=C/c3ccccc3)C(=O)N2c2ccc(-c3ccc(N4C(=O)/C(=C\c5ccccc5)SC4=Nc4ccc(OC)cc4)c(C)c3)cc2C)cc1. The maximum atomic E-state index is 14.1. The lowest BCUT2D eigenvalue weighted by molar-refractivity contribution is -0.114. The Bertz CT molecular complexity index is 2460. The van der Waals surface area contributed by atoms with Crippen molar-refractivity contribution < 1.29 is 19.1 Å². The van der Waals surface area contributed by atoms with E-state index >= 15 is 0 Å². The molecule has 2 heterocycles. The van der Waals surface area contributed by atoms with Crippen LogP contribution in [0.2, 0.25) is 0 Å². The minimum atomic E-state index is -0.141. The Balaban J connectivity index is 1.12. The number of aryl methyl sites for hydroxylation is 2. The number of carbonyl (C=O) groups is 2. The van der Waals surface area contributed by atoms with E-state index in [1.165, 1.54) is 23.5 Å². The summed E-state index contributed by atoms with van der Waals surface area (Å²) in [5.41, 5.74) is 8.55. The van der Waals surface area contributed by atoms with Crippen LogP contribution in [0.5, 0.6) is 11.5 Å². The van der Waals surface area contributed by atoms with E-state index in [1.807, 2.05) is 159 Å². The third-order valence-electron chi connectivity index (χ3n) is 9.61. The predicted molar refractivity (Wildman–Crippen MR) is 241 cm³/mol. The summed E-state index contributed by atoms with van der Waals surface area (Å²) in [6.45, 7) is 4.01. The quantitative estimate of drug-likeness (QED) is 0.135. The van der Waals surface area contributed by atoms with Crippen molar-refractivity contribution in [1.82, 2.24) is 0 Å². The molecule has 0 aromatic heterocycles. The molecule has 0 radical (unpaired) electrons. The Kier molecular flexibility index (Phi) is 11.1. The average Bonchev–Trinajstić information content (AvgIpc) is 3.71. The van der Waals surface area contributed by atoms with E-state index in [-0.39, 0.29) is 11.8 Å². The van der Waals surface area contributed by atoms with E-state index < -0.39 is 0 Å². The number of amidine groups is 2. The number of aliphatic imine (C=N–C) groups is 2. The lowest BCUT2D eigenvalue weighted by atomic mass is 9.99. The third kappa shape index (κ3) is 8.11. The van der Waals surface area contributed by atoms with Gasteiger partial charge in [-0.3, -0.25) is 19.4 Å². The van der Waals surface area contributed by atoms with E-state index in [0.29, 0.717) is 31.5 Å². The van der Waals surface area contributed by atoms with Gasteiger partial charge in [-0.2, -0.15) is 0 Å². The third-order valence-corrected chi connectivity index (χ3v) is 11.5. The van der Waals surface area contributed by atoms with Crippen molar-refractivity contribution >= 4 is 80.6 Å². The second kappa shape index (κ2) is 16.9. The van der Waals surface area contributed by atoms with Crippen molar-refractivity contribution in [3.05, 3.63) is 178 Å². The van der Waals surface area contributed by atoms with Gasteiger partial charge in [-0.1, -0.05) is 72.8 Å². The lowest BCUT2D eigenvalue weighted by Crippen LogP contribution is -2.29. The van der Waals surface area contributed by atoms with Crippen molar-refractivity contribution in [2.75, 3.05) is 24.0 Å². The summed E-state index contributed by atoms with van der Waals surface area (Å²) in [6.07, 6.45) is 3.81. The number of thioether (sulfide) groups is 2. The first kappa shape index (κ1) is 38.3. The lowest BCUT2D eigenvalue weighted by Gasteiger charge is -2.20. The molecule has 2 aliphatic rings. The number of hydrogen-bond donors (Lipinski definition) is 0. The normalized spacial score (nSPS) is 17.0. The topological polar surface area (TPSA) is 83.8 Å². The fourth-order valence-corrected chi connectivity index (χ4v) is 8.62. The molecular formula is C48H38N4O4S2. The summed E-state index contributed by atoms with van der Waals surface area (Å²) in [5, 5.41) is 1.13. The second-order valence-electron chi connectivity index (χ2n) is 13.5. The molecule has 0 spiro atoms. The van der Waals surface area contributed by atoms with Crippen LogP contribution in [0.3, 0.4) is 0 Å². The summed E-state index contributed by atoms with van der Waals surface area (Å²) >= 11 is 2.70. The summed E-state index contributed by atoms with van der Waals surface area (Å²) in [6, 6.07) is 46.7. The summed E-state index contributed by atoms with van der Waals surface area (Å²) in [4.78, 5) is 42.7. The Labute approximate surface area is 346 Å². The first-order valence-electron chi connectivity index (χ1n) is 18.5. The van der Waals surface area contributed by atoms with Crippen LogP contribution in [0.1, 0.15) is 22.3 Å². The van der Waals surface area contributed by atoms with E-state index in [2.05, 4.69) is 12.1 Å². The Hall–Kier alpha value is -6.62. The molecule has 0 aliphatic carbocycles. The molecule has 0 saturated carbocycles. The summed E-state index contributed by atoms with van der Waals surface area (Å²) in [5.74, 6) is 1.18. The van der Waals surface area contributed by atoms with Gasteiger partial charge in [0.15, 0.2) is 10.3 Å². The predicted octanol–water partition coefficient (Wildman–Crippen LogP) is 11.6. The van der Waals surface area contributed by atoms with Crippen molar-refractivity contribution in [2.45, 2.75) is 13.8 Å². The van der Waals surface area contributed by atoms with Gasteiger partial charge in [0.05, 0.1) is 46.8 Å². The highest BCUT2D eigenvalue weighted by Crippen LogP contribution is 2.42. The van der Waals surface area contributed by atoms with Gasteiger partial charge in [0.1, 0.15) is 11.5 Å². The van der Waals surface area contributed by atoms with Gasteiger partial charge < -0.3 is 9.47 Å². The molecule has 0 atom stereocenters. The molecule has 0 unspecified atom stereocenters. The van der Waals surface area contributed by atoms with Gasteiger partial charge >= 0.3 is 0 Å². The molecule has 6 aromatic carbocycles. The van der Waals surface area contributed by atoms with E-state index in [9.17, 15) is 9.59 Å². The van der Waals surface area contributed by atoms with Gasteiger partial charge in [0.2, 0.25) is 0 Å². The second-order valence-corrected chi connectivity index (χ2v) is 15.5. The molecule has 0 bridgehead atoms. The van der Waals surface area contributed by atoms with Gasteiger partial charge in [0.25, 0.3) is 11.8 Å². The van der Waals surface area contributed by atoms with Crippen LogP contribution in [0.4, 0.5) is 22.7 Å². The number of amides is 2. The highest BCUT2D eigenvalue weighted by atomic mass is 32.2. The maximum Gasteiger partial charge on any atom is 0.271 e. The number of rotatable bonds is 9. The van der Waals surface area contributed by atoms with Crippen molar-refractivity contribution in [3.8, 4) is 22.6 Å². The molecule has 2 amide bonds. The van der Waals surface area contributed by atoms with Gasteiger partial charge in [0, 0.05) is 0 Å². The molecule has 2 aliphatic heterocycles. The Morgan fingerprint density at radius 1 is 0.500 bits per heavy atom. The summed E-state index contributed by atoms with van der Waals surface area (Å²) in [7, 11) is 3.25. The van der Waals surface area contributed by atoms with Gasteiger partial charge in [-0.25, -0.2) is 9.98 Å². The molecular weight excluding hydrogens is 761 g/mol. The van der Waals surface area contributed by atoms with Crippen molar-refractivity contribution in [3.63, 3.8) is 0 Å². The van der Waals surface area contributed by atoms with Crippen LogP contribution >= 0.6 is 23.5 Å². The molecule has 8 nitrogen and oxygen atoms in total. The van der Waals surface area contributed by atoms with E-state index in [0.717, 1.165) is 56.3 Å².